The molecule has 2 rings (SSSR count). The largest absolute Gasteiger partial charge is 0.444 e. The van der Waals surface area contributed by atoms with Gasteiger partial charge in [-0.2, -0.15) is 0 Å². The Bertz CT molecular complexity index is 569. The van der Waals surface area contributed by atoms with E-state index in [-0.39, 0.29) is 11.9 Å². The maximum atomic E-state index is 12.7. The lowest BCUT2D eigenvalue weighted by molar-refractivity contribution is -0.128. The molecule has 6 nitrogen and oxygen atoms in total. The maximum absolute atomic E-state index is 12.7. The first-order valence-electron chi connectivity index (χ1n) is 8.48. The summed E-state index contributed by atoms with van der Waals surface area (Å²) < 4.78 is 5.45. The highest BCUT2D eigenvalue weighted by molar-refractivity contribution is 5.86. The van der Waals surface area contributed by atoms with E-state index in [4.69, 9.17) is 4.74 Å². The van der Waals surface area contributed by atoms with Crippen molar-refractivity contribution in [1.82, 2.24) is 15.2 Å². The Balaban J connectivity index is 2.03. The molecule has 24 heavy (non-hydrogen) atoms. The fourth-order valence-electron chi connectivity index (χ4n) is 2.79. The molecule has 0 bridgehead atoms. The predicted octanol–water partition coefficient (Wildman–Crippen LogP) is 3.05. The highest BCUT2D eigenvalue weighted by Crippen LogP contribution is 2.21. The van der Waals surface area contributed by atoms with E-state index in [2.05, 4.69) is 10.3 Å². The Morgan fingerprint density at radius 3 is 2.58 bits per heavy atom. The molecule has 2 heterocycles. The summed E-state index contributed by atoms with van der Waals surface area (Å²) in [7, 11) is 0. The van der Waals surface area contributed by atoms with Crippen LogP contribution in [0.5, 0.6) is 0 Å². The number of rotatable bonds is 3. The fourth-order valence-corrected chi connectivity index (χ4v) is 2.79. The number of hydrogen-bond donors (Lipinski definition) is 1. The number of carbonyl (C=O) groups excluding carboxylic acids is 2. The summed E-state index contributed by atoms with van der Waals surface area (Å²) in [6, 6.07) is 3.13. The minimum Gasteiger partial charge on any atom is -0.444 e. The average molecular weight is 333 g/mol. The zero-order valence-electron chi connectivity index (χ0n) is 14.9. The lowest BCUT2D eigenvalue weighted by Gasteiger charge is -2.36. The van der Waals surface area contributed by atoms with Crippen molar-refractivity contribution in [1.29, 1.82) is 0 Å². The molecule has 2 atom stereocenters. The molecule has 2 amide bonds. The summed E-state index contributed by atoms with van der Waals surface area (Å²) in [5.41, 5.74) is 0.415. The molecule has 0 saturated carbocycles. The number of likely N-dealkylation sites (tertiary alicyclic amines) is 1. The second-order valence-corrected chi connectivity index (χ2v) is 7.20. The maximum Gasteiger partial charge on any atom is 0.410 e. The van der Waals surface area contributed by atoms with Gasteiger partial charge in [0.15, 0.2) is 0 Å². The van der Waals surface area contributed by atoms with Crippen LogP contribution in [0.25, 0.3) is 0 Å². The molecule has 1 saturated heterocycles. The minimum absolute atomic E-state index is 0.134. The molecule has 0 aromatic carbocycles. The zero-order chi connectivity index (χ0) is 17.7. The smallest absolute Gasteiger partial charge is 0.410 e. The second-order valence-electron chi connectivity index (χ2n) is 7.20. The zero-order valence-corrected chi connectivity index (χ0v) is 14.9. The number of hydrogen-bond acceptors (Lipinski definition) is 4. The molecule has 0 spiro atoms. The van der Waals surface area contributed by atoms with Gasteiger partial charge in [-0.1, -0.05) is 0 Å². The van der Waals surface area contributed by atoms with Gasteiger partial charge in [0.05, 0.1) is 6.04 Å². The fraction of sp³-hybridized carbons (Fsp3) is 0.611. The van der Waals surface area contributed by atoms with Gasteiger partial charge in [0.2, 0.25) is 5.91 Å². The van der Waals surface area contributed by atoms with Crippen LogP contribution in [0.1, 0.15) is 58.6 Å². The van der Waals surface area contributed by atoms with E-state index in [1.807, 2.05) is 39.8 Å². The van der Waals surface area contributed by atoms with Crippen molar-refractivity contribution in [2.75, 3.05) is 6.54 Å². The van der Waals surface area contributed by atoms with E-state index in [0.29, 0.717) is 13.0 Å². The Labute approximate surface area is 143 Å². The molecule has 1 aromatic rings. The Morgan fingerprint density at radius 2 is 1.96 bits per heavy atom. The van der Waals surface area contributed by atoms with Crippen LogP contribution in [0.4, 0.5) is 4.79 Å². The van der Waals surface area contributed by atoms with Crippen molar-refractivity contribution in [2.45, 2.75) is 64.6 Å². The van der Waals surface area contributed by atoms with E-state index in [1.54, 1.807) is 17.3 Å². The Morgan fingerprint density at radius 1 is 1.29 bits per heavy atom. The lowest BCUT2D eigenvalue weighted by atomic mass is 10.0. The van der Waals surface area contributed by atoms with Gasteiger partial charge in [-0.15, -0.1) is 0 Å². The normalized spacial score (nSPS) is 19.5. The van der Waals surface area contributed by atoms with Crippen LogP contribution in [0.3, 0.4) is 0 Å². The number of aromatic nitrogens is 1. The number of nitrogens with one attached hydrogen (secondary N) is 1. The molecule has 1 aliphatic heterocycles. The van der Waals surface area contributed by atoms with Gasteiger partial charge in [-0.25, -0.2) is 4.79 Å². The van der Waals surface area contributed by atoms with Gasteiger partial charge in [0.25, 0.3) is 0 Å². The van der Waals surface area contributed by atoms with Crippen LogP contribution in [-0.4, -0.2) is 40.1 Å². The van der Waals surface area contributed by atoms with E-state index in [1.165, 1.54) is 0 Å². The van der Waals surface area contributed by atoms with Crippen molar-refractivity contribution in [3.63, 3.8) is 0 Å². The Kier molecular flexibility index (Phi) is 5.80. The molecule has 1 N–H and O–H groups in total. The number of nitrogens with zero attached hydrogens (tertiary/aromatic N) is 2. The van der Waals surface area contributed by atoms with Crippen molar-refractivity contribution >= 4 is 12.0 Å². The first-order chi connectivity index (χ1) is 11.3. The molecule has 0 aliphatic carbocycles. The summed E-state index contributed by atoms with van der Waals surface area (Å²) in [5.74, 6) is -0.134. The molecule has 132 valence electrons. The van der Waals surface area contributed by atoms with Gasteiger partial charge < -0.3 is 10.1 Å². The molecule has 1 aromatic heterocycles. The SMILES string of the molecule is C[C@H](NC(=O)[C@@H]1CCCCN1C(=O)OC(C)(C)C)c1ccncc1. The van der Waals surface area contributed by atoms with Gasteiger partial charge in [-0.05, 0) is 64.7 Å². The van der Waals surface area contributed by atoms with Crippen LogP contribution in [-0.2, 0) is 9.53 Å². The van der Waals surface area contributed by atoms with Crippen LogP contribution in [0.15, 0.2) is 24.5 Å². The predicted molar refractivity (Wildman–Crippen MR) is 91.4 cm³/mol. The van der Waals surface area contributed by atoms with E-state index < -0.39 is 17.7 Å². The first-order valence-corrected chi connectivity index (χ1v) is 8.48. The topological polar surface area (TPSA) is 71.5 Å². The monoisotopic (exact) mass is 333 g/mol. The van der Waals surface area contributed by atoms with Crippen molar-refractivity contribution in [3.8, 4) is 0 Å². The third-order valence-corrected chi connectivity index (χ3v) is 4.00. The van der Waals surface area contributed by atoms with Gasteiger partial charge in [0, 0.05) is 18.9 Å². The highest BCUT2D eigenvalue weighted by Gasteiger charge is 2.35. The van der Waals surface area contributed by atoms with Crippen LogP contribution in [0.2, 0.25) is 0 Å². The number of carbonyl (C=O) groups is 2. The molecule has 0 unspecified atom stereocenters. The van der Waals surface area contributed by atoms with Gasteiger partial charge >= 0.3 is 6.09 Å². The van der Waals surface area contributed by atoms with Gasteiger partial charge in [0.1, 0.15) is 11.6 Å². The quantitative estimate of drug-likeness (QED) is 0.923. The summed E-state index contributed by atoms with van der Waals surface area (Å²) in [5, 5.41) is 3.00. The van der Waals surface area contributed by atoms with Gasteiger partial charge in [-0.3, -0.25) is 14.7 Å². The molecule has 1 fully saturated rings. The highest BCUT2D eigenvalue weighted by atomic mass is 16.6. The van der Waals surface area contributed by atoms with E-state index in [0.717, 1.165) is 18.4 Å². The summed E-state index contributed by atoms with van der Waals surface area (Å²) >= 11 is 0. The van der Waals surface area contributed by atoms with E-state index in [9.17, 15) is 9.59 Å². The average Bonchev–Trinajstić information content (AvgIpc) is 2.54. The summed E-state index contributed by atoms with van der Waals surface area (Å²) in [4.78, 5) is 30.6. The van der Waals surface area contributed by atoms with Crippen molar-refractivity contribution in [2.24, 2.45) is 0 Å². The van der Waals surface area contributed by atoms with Crippen molar-refractivity contribution in [3.05, 3.63) is 30.1 Å². The molecule has 6 heteroatoms. The lowest BCUT2D eigenvalue weighted by Crippen LogP contribution is -2.53. The summed E-state index contributed by atoms with van der Waals surface area (Å²) in [6.45, 7) is 7.96. The Hall–Kier alpha value is -2.11. The standard InChI is InChI=1S/C18H27N3O3/c1-13(14-8-10-19-11-9-14)20-16(22)15-7-5-6-12-21(15)17(23)24-18(2,3)4/h8-11,13,15H,5-7,12H2,1-4H3,(H,20,22)/t13-,15-/m0/s1. The number of pyridine rings is 1. The van der Waals surface area contributed by atoms with Crippen LogP contribution in [0, 0.1) is 0 Å². The molecule has 1 aliphatic rings. The molecule has 0 radical (unpaired) electrons. The number of amides is 2. The summed E-state index contributed by atoms with van der Waals surface area (Å²) in [6.07, 6.45) is 5.47. The number of piperidine rings is 1. The third kappa shape index (κ3) is 4.94. The van der Waals surface area contributed by atoms with Crippen molar-refractivity contribution < 1.29 is 14.3 Å². The number of ether oxygens (including phenoxy) is 1. The molecular weight excluding hydrogens is 306 g/mol. The third-order valence-electron chi connectivity index (χ3n) is 4.00. The minimum atomic E-state index is -0.570. The van der Waals surface area contributed by atoms with E-state index >= 15 is 0 Å². The molecular formula is C18H27N3O3. The van der Waals surface area contributed by atoms with Crippen LogP contribution >= 0.6 is 0 Å². The second kappa shape index (κ2) is 7.64. The first kappa shape index (κ1) is 18.2. The van der Waals surface area contributed by atoms with Crippen LogP contribution < -0.4 is 5.32 Å².